The highest BCUT2D eigenvalue weighted by atomic mass is 32.1. The molecule has 0 saturated carbocycles. The molecule has 1 amide bonds. The van der Waals surface area contributed by atoms with E-state index >= 15 is 0 Å². The topological polar surface area (TPSA) is 94.3 Å². The number of benzene rings is 1. The van der Waals surface area contributed by atoms with Crippen LogP contribution >= 0.6 is 11.3 Å². The molecule has 0 aliphatic rings. The van der Waals surface area contributed by atoms with Gasteiger partial charge in [0.1, 0.15) is 10.6 Å². The minimum Gasteiger partial charge on any atom is -0.465 e. The molecular weight excluding hydrogens is 318 g/mol. The number of methoxy groups -OCH3 is 1. The number of nitrogens with one attached hydrogen (secondary N) is 1. The van der Waals surface area contributed by atoms with E-state index < -0.39 is 5.97 Å². The Hall–Kier alpha value is -2.74. The predicted octanol–water partition coefficient (Wildman–Crippen LogP) is 2.56. The maximum atomic E-state index is 12.1. The molecule has 0 aliphatic heterocycles. The van der Waals surface area contributed by atoms with Crippen molar-refractivity contribution < 1.29 is 18.8 Å². The Morgan fingerprint density at radius 3 is 2.91 bits per heavy atom. The lowest BCUT2D eigenvalue weighted by Gasteiger charge is -1.99. The van der Waals surface area contributed by atoms with Gasteiger partial charge in [-0.2, -0.15) is 0 Å². The van der Waals surface area contributed by atoms with Gasteiger partial charge in [0.2, 0.25) is 5.91 Å². The number of hydrogen-bond acceptors (Lipinski definition) is 7. The Balaban J connectivity index is 1.74. The number of amides is 1. The van der Waals surface area contributed by atoms with E-state index in [0.29, 0.717) is 27.0 Å². The number of carbonyl (C=O) groups is 2. The van der Waals surface area contributed by atoms with E-state index in [2.05, 4.69) is 20.2 Å². The van der Waals surface area contributed by atoms with Gasteiger partial charge in [0.05, 0.1) is 19.2 Å². The first-order valence-electron chi connectivity index (χ1n) is 6.77. The fourth-order valence-corrected chi connectivity index (χ4v) is 3.01. The number of thiazole rings is 1. The standard InChI is InChI=1S/C15H13N3O4S/c1-8-13(14(20)21-2)23-15(16-8)17-12(19)7-10-9-5-3-4-6-11(9)22-18-10/h3-6H,7H2,1-2H3,(H,16,17,19). The largest absolute Gasteiger partial charge is 0.465 e. The van der Waals surface area contributed by atoms with Crippen molar-refractivity contribution in [1.82, 2.24) is 10.1 Å². The van der Waals surface area contributed by atoms with Crippen molar-refractivity contribution in [3.05, 3.63) is 40.5 Å². The van der Waals surface area contributed by atoms with Gasteiger partial charge in [-0.3, -0.25) is 4.79 Å². The van der Waals surface area contributed by atoms with Gasteiger partial charge in [0.25, 0.3) is 0 Å². The van der Waals surface area contributed by atoms with Crippen molar-refractivity contribution in [2.45, 2.75) is 13.3 Å². The van der Waals surface area contributed by atoms with Crippen molar-refractivity contribution in [2.24, 2.45) is 0 Å². The third kappa shape index (κ3) is 3.07. The van der Waals surface area contributed by atoms with Gasteiger partial charge in [-0.25, -0.2) is 9.78 Å². The Morgan fingerprint density at radius 1 is 1.35 bits per heavy atom. The molecule has 0 unspecified atom stereocenters. The number of carbonyl (C=O) groups excluding carboxylic acids is 2. The lowest BCUT2D eigenvalue weighted by molar-refractivity contribution is -0.115. The molecule has 3 aromatic rings. The third-order valence-corrected chi connectivity index (χ3v) is 4.25. The van der Waals surface area contributed by atoms with Gasteiger partial charge in [0, 0.05) is 5.39 Å². The lowest BCUT2D eigenvalue weighted by atomic mass is 10.2. The maximum Gasteiger partial charge on any atom is 0.350 e. The molecule has 0 spiro atoms. The van der Waals surface area contributed by atoms with E-state index in [9.17, 15) is 9.59 Å². The summed E-state index contributed by atoms with van der Waals surface area (Å²) in [5.74, 6) is -0.753. The SMILES string of the molecule is COC(=O)c1sc(NC(=O)Cc2noc3ccccc23)nc1C. The van der Waals surface area contributed by atoms with Crippen molar-refractivity contribution in [3.8, 4) is 0 Å². The number of esters is 1. The second-order valence-electron chi connectivity index (χ2n) is 4.78. The van der Waals surface area contributed by atoms with Crippen LogP contribution in [0.3, 0.4) is 0 Å². The summed E-state index contributed by atoms with van der Waals surface area (Å²) in [6.07, 6.45) is 0.0587. The second kappa shape index (κ2) is 6.17. The van der Waals surface area contributed by atoms with Gasteiger partial charge in [0.15, 0.2) is 10.7 Å². The number of anilines is 1. The van der Waals surface area contributed by atoms with Gasteiger partial charge in [-0.15, -0.1) is 0 Å². The van der Waals surface area contributed by atoms with E-state index in [1.54, 1.807) is 13.0 Å². The van der Waals surface area contributed by atoms with Gasteiger partial charge in [-0.1, -0.05) is 28.6 Å². The van der Waals surface area contributed by atoms with Gasteiger partial charge in [-0.05, 0) is 19.1 Å². The van der Waals surface area contributed by atoms with Crippen LogP contribution in [0.2, 0.25) is 0 Å². The summed E-state index contributed by atoms with van der Waals surface area (Å²) in [5.41, 5.74) is 1.71. The van der Waals surface area contributed by atoms with E-state index in [1.807, 2.05) is 18.2 Å². The Labute approximate surface area is 135 Å². The average molecular weight is 331 g/mol. The Morgan fingerprint density at radius 2 is 2.13 bits per heavy atom. The number of fused-ring (bicyclic) bond motifs is 1. The monoisotopic (exact) mass is 331 g/mol. The van der Waals surface area contributed by atoms with Crippen molar-refractivity contribution >= 4 is 39.3 Å². The van der Waals surface area contributed by atoms with Crippen LogP contribution in [0.25, 0.3) is 11.0 Å². The summed E-state index contributed by atoms with van der Waals surface area (Å²) < 4.78 is 9.83. The molecular formula is C15H13N3O4S. The molecule has 118 valence electrons. The summed E-state index contributed by atoms with van der Waals surface area (Å²) in [6.45, 7) is 1.68. The highest BCUT2D eigenvalue weighted by Gasteiger charge is 2.18. The van der Waals surface area contributed by atoms with Gasteiger partial charge >= 0.3 is 5.97 Å². The zero-order valence-corrected chi connectivity index (χ0v) is 13.3. The van der Waals surface area contributed by atoms with Crippen molar-refractivity contribution in [1.29, 1.82) is 0 Å². The molecule has 0 aliphatic carbocycles. The van der Waals surface area contributed by atoms with Crippen LogP contribution in [0.5, 0.6) is 0 Å². The minimum absolute atomic E-state index is 0.0587. The first-order chi connectivity index (χ1) is 11.1. The molecule has 1 aromatic carbocycles. The summed E-state index contributed by atoms with van der Waals surface area (Å²) in [7, 11) is 1.30. The van der Waals surface area contributed by atoms with Crippen LogP contribution in [0.4, 0.5) is 5.13 Å². The highest BCUT2D eigenvalue weighted by Crippen LogP contribution is 2.24. The van der Waals surface area contributed by atoms with E-state index in [-0.39, 0.29) is 12.3 Å². The first kappa shape index (κ1) is 15.2. The zero-order chi connectivity index (χ0) is 16.4. The Kier molecular flexibility index (Phi) is 4.07. The average Bonchev–Trinajstić information content (AvgIpc) is 3.10. The molecule has 0 radical (unpaired) electrons. The number of para-hydroxylation sites is 1. The van der Waals surface area contributed by atoms with Crippen molar-refractivity contribution in [2.75, 3.05) is 12.4 Å². The van der Waals surface area contributed by atoms with Crippen LogP contribution < -0.4 is 5.32 Å². The lowest BCUT2D eigenvalue weighted by Crippen LogP contribution is -2.14. The molecule has 7 nitrogen and oxygen atoms in total. The zero-order valence-electron chi connectivity index (χ0n) is 12.5. The molecule has 23 heavy (non-hydrogen) atoms. The normalized spacial score (nSPS) is 10.7. The quantitative estimate of drug-likeness (QED) is 0.738. The van der Waals surface area contributed by atoms with E-state index in [4.69, 9.17) is 4.52 Å². The highest BCUT2D eigenvalue weighted by molar-refractivity contribution is 7.17. The number of aromatic nitrogens is 2. The Bertz CT molecular complexity index is 884. The predicted molar refractivity (Wildman–Crippen MR) is 84.5 cm³/mol. The molecule has 3 rings (SSSR count). The summed E-state index contributed by atoms with van der Waals surface area (Å²) >= 11 is 1.08. The maximum absolute atomic E-state index is 12.1. The molecule has 2 aromatic heterocycles. The number of aryl methyl sites for hydroxylation is 1. The summed E-state index contributed by atoms with van der Waals surface area (Å²) in [6, 6.07) is 7.33. The molecule has 1 N–H and O–H groups in total. The van der Waals surface area contributed by atoms with Crippen LogP contribution in [-0.2, 0) is 16.0 Å². The van der Waals surface area contributed by atoms with E-state index in [1.165, 1.54) is 7.11 Å². The first-order valence-corrected chi connectivity index (χ1v) is 7.59. The summed E-state index contributed by atoms with van der Waals surface area (Å²) in [4.78, 5) is 28.2. The molecule has 0 fully saturated rings. The van der Waals surface area contributed by atoms with Crippen LogP contribution in [0.15, 0.2) is 28.8 Å². The fraction of sp³-hybridized carbons (Fsp3) is 0.200. The summed E-state index contributed by atoms with van der Waals surface area (Å²) in [5, 5.41) is 7.73. The van der Waals surface area contributed by atoms with E-state index in [0.717, 1.165) is 16.7 Å². The molecule has 8 heteroatoms. The minimum atomic E-state index is -0.469. The molecule has 0 atom stereocenters. The van der Waals surface area contributed by atoms with Gasteiger partial charge < -0.3 is 14.6 Å². The van der Waals surface area contributed by atoms with Crippen LogP contribution in [0.1, 0.15) is 21.1 Å². The number of hydrogen-bond donors (Lipinski definition) is 1. The number of nitrogens with zero attached hydrogens (tertiary/aromatic N) is 2. The van der Waals surface area contributed by atoms with Crippen LogP contribution in [0, 0.1) is 6.92 Å². The fourth-order valence-electron chi connectivity index (χ4n) is 2.11. The molecule has 2 heterocycles. The smallest absolute Gasteiger partial charge is 0.350 e. The van der Waals surface area contributed by atoms with Crippen molar-refractivity contribution in [3.63, 3.8) is 0 Å². The second-order valence-corrected chi connectivity index (χ2v) is 5.77. The number of rotatable bonds is 4. The molecule has 0 saturated heterocycles. The molecule has 0 bridgehead atoms. The van der Waals surface area contributed by atoms with Crippen LogP contribution in [-0.4, -0.2) is 29.1 Å². The third-order valence-electron chi connectivity index (χ3n) is 3.19. The number of ether oxygens (including phenoxy) is 1.